The van der Waals surface area contributed by atoms with Gasteiger partial charge in [0.15, 0.2) is 5.54 Å². The first-order valence-corrected chi connectivity index (χ1v) is 6.61. The summed E-state index contributed by atoms with van der Waals surface area (Å²) < 4.78 is 11.1. The van der Waals surface area contributed by atoms with Crippen LogP contribution in [0.15, 0.2) is 4.99 Å². The highest BCUT2D eigenvalue weighted by Crippen LogP contribution is 2.34. The first-order chi connectivity index (χ1) is 7.88. The fourth-order valence-electron chi connectivity index (χ4n) is 1.56. The lowest BCUT2D eigenvalue weighted by Crippen LogP contribution is -2.40. The second-order valence-corrected chi connectivity index (χ2v) is 5.06. The van der Waals surface area contributed by atoms with E-state index in [2.05, 4.69) is 4.99 Å². The molecular formula is C11H19NO4S. The minimum absolute atomic E-state index is 0.410. The lowest BCUT2D eigenvalue weighted by Gasteiger charge is -2.28. The lowest BCUT2D eigenvalue weighted by molar-refractivity contribution is -0.169. The number of aliphatic carboxylic acids is 1. The molecule has 1 aliphatic heterocycles. The number of hydrogen-bond acceptors (Lipinski definition) is 5. The van der Waals surface area contributed by atoms with Crippen molar-refractivity contribution in [2.45, 2.75) is 39.0 Å². The standard InChI is InChI=1S/C11H19NO4S/c1-5-15-11(4,16-6-2)8-12-10(3,7-17-8)9(13)14/h5-7H2,1-4H3,(H,13,14)/t10-/m1/s1. The van der Waals surface area contributed by atoms with Crippen LogP contribution in [-0.2, 0) is 14.3 Å². The maximum absolute atomic E-state index is 11.1. The smallest absolute Gasteiger partial charge is 0.332 e. The van der Waals surface area contributed by atoms with E-state index in [9.17, 15) is 4.79 Å². The molecule has 0 aliphatic carbocycles. The van der Waals surface area contributed by atoms with Gasteiger partial charge in [0, 0.05) is 19.0 Å². The molecule has 0 unspecified atom stereocenters. The topological polar surface area (TPSA) is 68.1 Å². The Labute approximate surface area is 106 Å². The minimum Gasteiger partial charge on any atom is -0.479 e. The van der Waals surface area contributed by atoms with Gasteiger partial charge in [0.05, 0.1) is 0 Å². The van der Waals surface area contributed by atoms with Gasteiger partial charge in [0.25, 0.3) is 0 Å². The van der Waals surface area contributed by atoms with E-state index in [-0.39, 0.29) is 0 Å². The van der Waals surface area contributed by atoms with E-state index in [1.165, 1.54) is 11.8 Å². The minimum atomic E-state index is -1.07. The summed E-state index contributed by atoms with van der Waals surface area (Å²) >= 11 is 1.38. The molecular weight excluding hydrogens is 242 g/mol. The Kier molecular flexibility index (Phi) is 4.57. The average molecular weight is 261 g/mol. The van der Waals surface area contributed by atoms with Crippen molar-refractivity contribution in [3.63, 3.8) is 0 Å². The quantitative estimate of drug-likeness (QED) is 0.738. The van der Waals surface area contributed by atoms with Crippen LogP contribution in [0.2, 0.25) is 0 Å². The van der Waals surface area contributed by atoms with Gasteiger partial charge < -0.3 is 14.6 Å². The summed E-state index contributed by atoms with van der Waals surface area (Å²) in [7, 11) is 0. The zero-order chi connectivity index (χ0) is 13.1. The number of hydrogen-bond donors (Lipinski definition) is 1. The second kappa shape index (κ2) is 5.37. The van der Waals surface area contributed by atoms with Crippen molar-refractivity contribution in [1.82, 2.24) is 0 Å². The largest absolute Gasteiger partial charge is 0.479 e. The molecule has 98 valence electrons. The van der Waals surface area contributed by atoms with Crippen molar-refractivity contribution < 1.29 is 19.4 Å². The van der Waals surface area contributed by atoms with E-state index < -0.39 is 17.3 Å². The molecule has 0 radical (unpaired) electrons. The van der Waals surface area contributed by atoms with Crippen LogP contribution in [-0.4, -0.2) is 46.4 Å². The van der Waals surface area contributed by atoms with E-state index in [0.717, 1.165) is 0 Å². The molecule has 6 heteroatoms. The Morgan fingerprint density at radius 2 is 2.06 bits per heavy atom. The zero-order valence-corrected chi connectivity index (χ0v) is 11.5. The number of ether oxygens (including phenoxy) is 2. The summed E-state index contributed by atoms with van der Waals surface area (Å²) in [6.45, 7) is 8.09. The van der Waals surface area contributed by atoms with Crippen LogP contribution < -0.4 is 0 Å². The number of carboxylic acid groups (broad SMARTS) is 1. The van der Waals surface area contributed by atoms with Gasteiger partial charge in [-0.2, -0.15) is 0 Å². The number of carboxylic acids is 1. The molecule has 1 aliphatic rings. The highest BCUT2D eigenvalue weighted by molar-refractivity contribution is 8.14. The van der Waals surface area contributed by atoms with Crippen molar-refractivity contribution in [2.24, 2.45) is 4.99 Å². The Hall–Kier alpha value is -0.590. The maximum Gasteiger partial charge on any atom is 0.332 e. The van der Waals surface area contributed by atoms with E-state index in [4.69, 9.17) is 14.6 Å². The molecule has 1 atom stereocenters. The molecule has 0 aromatic heterocycles. The Bertz CT molecular complexity index is 325. The summed E-state index contributed by atoms with van der Waals surface area (Å²) in [4.78, 5) is 15.4. The Morgan fingerprint density at radius 3 is 2.41 bits per heavy atom. The molecule has 1 rings (SSSR count). The summed E-state index contributed by atoms with van der Waals surface area (Å²) in [6, 6.07) is 0. The van der Waals surface area contributed by atoms with Crippen LogP contribution in [0.1, 0.15) is 27.7 Å². The summed E-state index contributed by atoms with van der Waals surface area (Å²) in [5, 5.41) is 9.72. The lowest BCUT2D eigenvalue weighted by atomic mass is 10.1. The van der Waals surface area contributed by atoms with Crippen molar-refractivity contribution >= 4 is 22.8 Å². The first kappa shape index (κ1) is 14.5. The molecule has 1 heterocycles. The predicted molar refractivity (Wildman–Crippen MR) is 67.6 cm³/mol. The fourth-order valence-corrected chi connectivity index (χ4v) is 2.81. The van der Waals surface area contributed by atoms with E-state index in [1.807, 2.05) is 13.8 Å². The number of aliphatic imine (C=N–C) groups is 1. The molecule has 5 nitrogen and oxygen atoms in total. The van der Waals surface area contributed by atoms with Gasteiger partial charge >= 0.3 is 5.97 Å². The summed E-state index contributed by atoms with van der Waals surface area (Å²) in [5.41, 5.74) is -1.07. The van der Waals surface area contributed by atoms with Gasteiger partial charge in [-0.25, -0.2) is 4.79 Å². The van der Waals surface area contributed by atoms with Crippen LogP contribution >= 0.6 is 11.8 Å². The molecule has 1 N–H and O–H groups in total. The van der Waals surface area contributed by atoms with Crippen LogP contribution in [0, 0.1) is 0 Å². The fraction of sp³-hybridized carbons (Fsp3) is 0.818. The van der Waals surface area contributed by atoms with Crippen molar-refractivity contribution in [3.05, 3.63) is 0 Å². The van der Waals surface area contributed by atoms with E-state index in [1.54, 1.807) is 13.8 Å². The number of carbonyl (C=O) groups is 1. The van der Waals surface area contributed by atoms with Gasteiger partial charge in [-0.05, 0) is 27.7 Å². The first-order valence-electron chi connectivity index (χ1n) is 5.62. The molecule has 0 saturated heterocycles. The summed E-state index contributed by atoms with van der Waals surface area (Å²) in [6.07, 6.45) is 0. The highest BCUT2D eigenvalue weighted by Gasteiger charge is 2.45. The highest BCUT2D eigenvalue weighted by atomic mass is 32.2. The Balaban J connectivity index is 2.94. The van der Waals surface area contributed by atoms with Crippen LogP contribution in [0.5, 0.6) is 0 Å². The molecule has 0 saturated carbocycles. The van der Waals surface area contributed by atoms with Crippen molar-refractivity contribution in [1.29, 1.82) is 0 Å². The van der Waals surface area contributed by atoms with Gasteiger partial charge in [0.2, 0.25) is 5.79 Å². The monoisotopic (exact) mass is 261 g/mol. The molecule has 0 aromatic rings. The third kappa shape index (κ3) is 3.00. The maximum atomic E-state index is 11.1. The van der Waals surface area contributed by atoms with Gasteiger partial charge in [0.1, 0.15) is 5.04 Å². The third-order valence-electron chi connectivity index (χ3n) is 2.53. The zero-order valence-electron chi connectivity index (χ0n) is 10.6. The average Bonchev–Trinajstić information content (AvgIpc) is 2.64. The molecule has 0 spiro atoms. The predicted octanol–water partition coefficient (Wildman–Crippen LogP) is 1.76. The number of thioether (sulfide) groups is 1. The number of nitrogens with zero attached hydrogens (tertiary/aromatic N) is 1. The van der Waals surface area contributed by atoms with Crippen LogP contribution in [0.25, 0.3) is 0 Å². The SMILES string of the molecule is CCOC(C)(OCC)C1=N[C@@](C)(C(=O)O)CS1. The molecule has 0 bridgehead atoms. The summed E-state index contributed by atoms with van der Waals surface area (Å²) in [5.74, 6) is -1.44. The van der Waals surface area contributed by atoms with Crippen LogP contribution in [0.3, 0.4) is 0 Å². The molecule has 0 fully saturated rings. The second-order valence-electron chi connectivity index (χ2n) is 4.10. The van der Waals surface area contributed by atoms with Gasteiger partial charge in [-0.15, -0.1) is 11.8 Å². The van der Waals surface area contributed by atoms with Crippen molar-refractivity contribution in [2.75, 3.05) is 19.0 Å². The van der Waals surface area contributed by atoms with E-state index >= 15 is 0 Å². The van der Waals surface area contributed by atoms with Crippen molar-refractivity contribution in [3.8, 4) is 0 Å². The molecule has 0 amide bonds. The van der Waals surface area contributed by atoms with Gasteiger partial charge in [-0.1, -0.05) is 0 Å². The van der Waals surface area contributed by atoms with Gasteiger partial charge in [-0.3, -0.25) is 4.99 Å². The normalized spacial score (nSPS) is 24.8. The molecule has 17 heavy (non-hydrogen) atoms. The van der Waals surface area contributed by atoms with E-state index in [0.29, 0.717) is 24.0 Å². The third-order valence-corrected chi connectivity index (χ3v) is 3.97. The Morgan fingerprint density at radius 1 is 1.53 bits per heavy atom. The van der Waals surface area contributed by atoms with Crippen LogP contribution in [0.4, 0.5) is 0 Å². The number of rotatable bonds is 6. The molecule has 0 aromatic carbocycles.